The lowest BCUT2D eigenvalue weighted by Gasteiger charge is -2.09. The van der Waals surface area contributed by atoms with Gasteiger partial charge in [0.05, 0.1) is 0 Å². The zero-order chi connectivity index (χ0) is 15.2. The van der Waals surface area contributed by atoms with Crippen LogP contribution in [0.15, 0.2) is 42.6 Å². The minimum Gasteiger partial charge on any atom is -0.484 e. The van der Waals surface area contributed by atoms with Crippen LogP contribution in [0.25, 0.3) is 0 Å². The molecule has 0 atom stereocenters. The molecule has 1 N–H and O–H groups in total. The number of hydrogen-bond donors (Lipinski definition) is 1. The third-order valence-electron chi connectivity index (χ3n) is 2.91. The lowest BCUT2D eigenvalue weighted by Crippen LogP contribution is -2.20. The van der Waals surface area contributed by atoms with E-state index in [-0.39, 0.29) is 12.5 Å². The van der Waals surface area contributed by atoms with E-state index in [4.69, 9.17) is 4.74 Å². The van der Waals surface area contributed by atoms with Crippen LogP contribution in [0.1, 0.15) is 25.3 Å². The number of carbonyl (C=O) groups is 1. The van der Waals surface area contributed by atoms with Crippen molar-refractivity contribution in [2.24, 2.45) is 0 Å². The van der Waals surface area contributed by atoms with Crippen LogP contribution in [-0.2, 0) is 4.79 Å². The quantitative estimate of drug-likeness (QED) is 0.782. The van der Waals surface area contributed by atoms with Crippen LogP contribution in [0.3, 0.4) is 0 Å². The van der Waals surface area contributed by atoms with Crippen molar-refractivity contribution in [2.75, 3.05) is 11.9 Å². The van der Waals surface area contributed by atoms with Gasteiger partial charge in [0.2, 0.25) is 0 Å². The summed E-state index contributed by atoms with van der Waals surface area (Å²) in [6.07, 6.45) is 1.70. The fourth-order valence-electron chi connectivity index (χ4n) is 1.73. The second-order valence-corrected chi connectivity index (χ2v) is 6.17. The molecule has 2 aromatic rings. The summed E-state index contributed by atoms with van der Waals surface area (Å²) in [5.41, 5.74) is 1.25. The summed E-state index contributed by atoms with van der Waals surface area (Å²) in [5, 5.41) is 2.69. The van der Waals surface area contributed by atoms with Crippen molar-refractivity contribution in [3.8, 4) is 5.75 Å². The van der Waals surface area contributed by atoms with Gasteiger partial charge in [0.25, 0.3) is 5.91 Å². The van der Waals surface area contributed by atoms with Crippen molar-refractivity contribution in [2.45, 2.75) is 19.8 Å². The molecule has 4 nitrogen and oxygen atoms in total. The van der Waals surface area contributed by atoms with Gasteiger partial charge >= 0.3 is 0 Å². The predicted molar refractivity (Wildman–Crippen MR) is 91.6 cm³/mol. The molecule has 110 valence electrons. The number of rotatable bonds is 5. The van der Waals surface area contributed by atoms with E-state index in [1.807, 2.05) is 30.3 Å². The van der Waals surface area contributed by atoms with Gasteiger partial charge in [-0.05, 0) is 58.3 Å². The van der Waals surface area contributed by atoms with E-state index in [0.29, 0.717) is 17.5 Å². The number of nitrogens with zero attached hydrogens (tertiary/aromatic N) is 1. The Hall–Kier alpha value is -1.63. The highest BCUT2D eigenvalue weighted by atomic mass is 127. The average Bonchev–Trinajstić information content (AvgIpc) is 2.48. The fourth-order valence-corrected chi connectivity index (χ4v) is 2.05. The van der Waals surface area contributed by atoms with Crippen molar-refractivity contribution in [1.29, 1.82) is 0 Å². The summed E-state index contributed by atoms with van der Waals surface area (Å²) in [6.45, 7) is 4.24. The Morgan fingerprint density at radius 1 is 1.24 bits per heavy atom. The number of ether oxygens (including phenoxy) is 1. The molecule has 5 heteroatoms. The molecule has 1 aromatic carbocycles. The van der Waals surface area contributed by atoms with Crippen molar-refractivity contribution in [3.05, 3.63) is 51.7 Å². The highest BCUT2D eigenvalue weighted by Crippen LogP contribution is 2.18. The van der Waals surface area contributed by atoms with Crippen LogP contribution >= 0.6 is 22.6 Å². The van der Waals surface area contributed by atoms with Crippen LogP contribution in [0, 0.1) is 3.57 Å². The van der Waals surface area contributed by atoms with E-state index >= 15 is 0 Å². The van der Waals surface area contributed by atoms with Gasteiger partial charge in [-0.1, -0.05) is 26.0 Å². The number of amides is 1. The largest absolute Gasteiger partial charge is 0.484 e. The van der Waals surface area contributed by atoms with Gasteiger partial charge in [0.15, 0.2) is 6.61 Å². The van der Waals surface area contributed by atoms with Gasteiger partial charge in [-0.25, -0.2) is 4.98 Å². The lowest BCUT2D eigenvalue weighted by molar-refractivity contribution is -0.118. The van der Waals surface area contributed by atoms with Gasteiger partial charge in [-0.15, -0.1) is 0 Å². The monoisotopic (exact) mass is 396 g/mol. The number of benzene rings is 1. The van der Waals surface area contributed by atoms with Crippen molar-refractivity contribution in [1.82, 2.24) is 4.98 Å². The van der Waals surface area contributed by atoms with Crippen LogP contribution < -0.4 is 10.1 Å². The molecule has 0 radical (unpaired) electrons. The molecule has 0 aliphatic heterocycles. The summed E-state index contributed by atoms with van der Waals surface area (Å²) in [7, 11) is 0. The highest BCUT2D eigenvalue weighted by Gasteiger charge is 2.05. The Morgan fingerprint density at radius 3 is 2.52 bits per heavy atom. The molecule has 0 spiro atoms. The van der Waals surface area contributed by atoms with Crippen molar-refractivity contribution >= 4 is 34.3 Å². The average molecular weight is 396 g/mol. The Morgan fingerprint density at radius 2 is 1.95 bits per heavy atom. The second kappa shape index (κ2) is 7.40. The molecule has 1 heterocycles. The maximum Gasteiger partial charge on any atom is 0.263 e. The zero-order valence-corrected chi connectivity index (χ0v) is 14.1. The predicted octanol–water partition coefficient (Wildman–Crippen LogP) is 3.83. The summed E-state index contributed by atoms with van der Waals surface area (Å²) in [4.78, 5) is 15.9. The number of pyridine rings is 1. The smallest absolute Gasteiger partial charge is 0.263 e. The lowest BCUT2D eigenvalue weighted by atomic mass is 10.0. The van der Waals surface area contributed by atoms with Crippen molar-refractivity contribution < 1.29 is 9.53 Å². The minimum atomic E-state index is -0.225. The fraction of sp³-hybridized carbons (Fsp3) is 0.250. The van der Waals surface area contributed by atoms with E-state index in [1.165, 1.54) is 5.56 Å². The summed E-state index contributed by atoms with van der Waals surface area (Å²) < 4.78 is 6.48. The molecule has 1 amide bonds. The van der Waals surface area contributed by atoms with Crippen LogP contribution in [0.2, 0.25) is 0 Å². The van der Waals surface area contributed by atoms with Gasteiger partial charge in [-0.3, -0.25) is 4.79 Å². The molecular weight excluding hydrogens is 379 g/mol. The third-order valence-corrected chi connectivity index (χ3v) is 3.55. The van der Waals surface area contributed by atoms with Crippen molar-refractivity contribution in [3.63, 3.8) is 0 Å². The second-order valence-electron chi connectivity index (χ2n) is 4.92. The number of halogens is 1. The van der Waals surface area contributed by atoms with E-state index in [2.05, 4.69) is 46.7 Å². The molecule has 0 bridgehead atoms. The van der Waals surface area contributed by atoms with Gasteiger partial charge in [-0.2, -0.15) is 0 Å². The molecular formula is C16H17IN2O2. The van der Waals surface area contributed by atoms with Crippen LogP contribution in [0.5, 0.6) is 5.75 Å². The number of nitrogens with one attached hydrogen (secondary N) is 1. The zero-order valence-electron chi connectivity index (χ0n) is 12.0. The first-order valence-electron chi connectivity index (χ1n) is 6.69. The molecule has 21 heavy (non-hydrogen) atoms. The summed E-state index contributed by atoms with van der Waals surface area (Å²) in [6, 6.07) is 11.4. The number of anilines is 1. The SMILES string of the molecule is CC(C)c1ccc(OCC(=O)Nc2ccc(I)cn2)cc1. The maximum absolute atomic E-state index is 11.8. The number of aromatic nitrogens is 1. The summed E-state index contributed by atoms with van der Waals surface area (Å²) >= 11 is 2.16. The van der Waals surface area contributed by atoms with Gasteiger partial charge in [0.1, 0.15) is 11.6 Å². The van der Waals surface area contributed by atoms with E-state index in [9.17, 15) is 4.79 Å². The molecule has 0 saturated carbocycles. The Bertz CT molecular complexity index is 595. The molecule has 0 aliphatic carbocycles. The third kappa shape index (κ3) is 5.00. The van der Waals surface area contributed by atoms with Crippen LogP contribution in [0.4, 0.5) is 5.82 Å². The molecule has 0 unspecified atom stereocenters. The maximum atomic E-state index is 11.8. The summed E-state index contributed by atoms with van der Waals surface area (Å²) in [5.74, 6) is 1.47. The number of hydrogen-bond acceptors (Lipinski definition) is 3. The molecule has 2 rings (SSSR count). The Labute approximate surface area is 138 Å². The topological polar surface area (TPSA) is 51.2 Å². The van der Waals surface area contributed by atoms with Gasteiger partial charge < -0.3 is 10.1 Å². The standard InChI is InChI=1S/C16H17IN2O2/c1-11(2)12-3-6-14(7-4-12)21-10-16(20)19-15-8-5-13(17)9-18-15/h3-9,11H,10H2,1-2H3,(H,18,19,20). The first-order chi connectivity index (χ1) is 10.0. The Kier molecular flexibility index (Phi) is 5.55. The normalized spacial score (nSPS) is 10.5. The Balaban J connectivity index is 1.84. The molecule has 1 aromatic heterocycles. The first kappa shape index (κ1) is 15.8. The first-order valence-corrected chi connectivity index (χ1v) is 7.76. The molecule has 0 saturated heterocycles. The van der Waals surface area contributed by atoms with E-state index in [1.54, 1.807) is 12.3 Å². The molecule has 0 fully saturated rings. The minimum absolute atomic E-state index is 0.0330. The van der Waals surface area contributed by atoms with Crippen LogP contribution in [-0.4, -0.2) is 17.5 Å². The van der Waals surface area contributed by atoms with E-state index in [0.717, 1.165) is 3.57 Å². The molecule has 0 aliphatic rings. The van der Waals surface area contributed by atoms with E-state index < -0.39 is 0 Å². The highest BCUT2D eigenvalue weighted by molar-refractivity contribution is 14.1. The number of carbonyl (C=O) groups excluding carboxylic acids is 1. The van der Waals surface area contributed by atoms with Gasteiger partial charge in [0, 0.05) is 9.77 Å².